The number of aliphatic hydroxyl groups is 1. The predicted octanol–water partition coefficient (Wildman–Crippen LogP) is 5.32. The Hall–Kier alpha value is -3.15. The fourth-order valence-electron chi connectivity index (χ4n) is 3.55. The number of aromatic nitrogens is 1. The van der Waals surface area contributed by atoms with Gasteiger partial charge >= 0.3 is 0 Å². The quantitative estimate of drug-likeness (QED) is 0.341. The van der Waals surface area contributed by atoms with Gasteiger partial charge in [-0.15, -0.1) is 0 Å². The van der Waals surface area contributed by atoms with Crippen LogP contribution in [0.3, 0.4) is 0 Å². The minimum absolute atomic E-state index is 0.0321. The molecule has 2 heterocycles. The molecule has 1 atom stereocenters. The molecule has 1 unspecified atom stereocenters. The Bertz CT molecular complexity index is 1170. The van der Waals surface area contributed by atoms with Crippen molar-refractivity contribution in [1.29, 1.82) is 0 Å². The zero-order chi connectivity index (χ0) is 21.4. The highest BCUT2D eigenvalue weighted by Gasteiger charge is 2.48. The molecule has 0 saturated carbocycles. The number of ketones is 1. The van der Waals surface area contributed by atoms with Gasteiger partial charge in [0.25, 0.3) is 11.7 Å². The maximum Gasteiger partial charge on any atom is 0.300 e. The Labute approximate surface area is 183 Å². The Kier molecular flexibility index (Phi) is 5.33. The second-order valence-corrected chi connectivity index (χ2v) is 7.73. The van der Waals surface area contributed by atoms with Crippen LogP contribution in [0, 0.1) is 6.92 Å². The molecule has 0 radical (unpaired) electrons. The highest BCUT2D eigenvalue weighted by atomic mass is 35.5. The van der Waals surface area contributed by atoms with Gasteiger partial charge in [0, 0.05) is 27.5 Å². The van der Waals surface area contributed by atoms with E-state index in [1.807, 2.05) is 0 Å². The van der Waals surface area contributed by atoms with Crippen LogP contribution < -0.4 is 4.90 Å². The summed E-state index contributed by atoms with van der Waals surface area (Å²) in [6.07, 6.45) is 1.58. The number of halogens is 2. The van der Waals surface area contributed by atoms with Crippen molar-refractivity contribution < 1.29 is 14.7 Å². The number of anilines is 1. The second-order valence-electron chi connectivity index (χ2n) is 6.86. The number of benzene rings is 2. The molecule has 1 saturated heterocycles. The molecule has 1 N–H and O–H groups in total. The van der Waals surface area contributed by atoms with Crippen molar-refractivity contribution in [2.75, 3.05) is 4.90 Å². The van der Waals surface area contributed by atoms with Gasteiger partial charge in [-0.2, -0.15) is 0 Å². The number of Topliss-reactive ketones (excluding diaryl/α,β-unsaturated/α-hetero) is 1. The molecule has 7 heteroatoms. The molecule has 1 aromatic heterocycles. The summed E-state index contributed by atoms with van der Waals surface area (Å²) in [5, 5.41) is 12.0. The average Bonchev–Trinajstić information content (AvgIpc) is 3.00. The average molecular weight is 439 g/mol. The lowest BCUT2D eigenvalue weighted by Gasteiger charge is -2.26. The van der Waals surface area contributed by atoms with Gasteiger partial charge in [-0.05, 0) is 67.1 Å². The molecular formula is C23H16Cl2N2O3. The van der Waals surface area contributed by atoms with Crippen molar-refractivity contribution in [3.05, 3.63) is 99.3 Å². The van der Waals surface area contributed by atoms with Gasteiger partial charge < -0.3 is 5.11 Å². The lowest BCUT2D eigenvalue weighted by Crippen LogP contribution is -2.30. The molecule has 0 aliphatic carbocycles. The number of pyridine rings is 1. The van der Waals surface area contributed by atoms with E-state index in [1.165, 1.54) is 4.90 Å². The van der Waals surface area contributed by atoms with Crippen LogP contribution in [0.5, 0.6) is 0 Å². The Balaban J connectivity index is 1.96. The zero-order valence-corrected chi connectivity index (χ0v) is 17.4. The van der Waals surface area contributed by atoms with Crippen LogP contribution in [0.1, 0.15) is 22.9 Å². The molecule has 0 bridgehead atoms. The van der Waals surface area contributed by atoms with Gasteiger partial charge in [0.1, 0.15) is 11.8 Å². The van der Waals surface area contributed by atoms with Crippen LogP contribution in [0.25, 0.3) is 5.76 Å². The van der Waals surface area contributed by atoms with E-state index in [-0.39, 0.29) is 11.3 Å². The van der Waals surface area contributed by atoms with Gasteiger partial charge in [0.2, 0.25) is 0 Å². The minimum Gasteiger partial charge on any atom is -0.507 e. The van der Waals surface area contributed by atoms with E-state index >= 15 is 0 Å². The normalized spacial score (nSPS) is 18.1. The Morgan fingerprint density at radius 1 is 1.00 bits per heavy atom. The number of rotatable bonds is 3. The summed E-state index contributed by atoms with van der Waals surface area (Å²) >= 11 is 12.0. The summed E-state index contributed by atoms with van der Waals surface area (Å²) in [4.78, 5) is 31.8. The smallest absolute Gasteiger partial charge is 0.300 e. The van der Waals surface area contributed by atoms with Crippen LogP contribution in [-0.4, -0.2) is 21.8 Å². The van der Waals surface area contributed by atoms with E-state index in [4.69, 9.17) is 23.2 Å². The highest BCUT2D eigenvalue weighted by Crippen LogP contribution is 2.42. The Morgan fingerprint density at radius 2 is 1.70 bits per heavy atom. The standard InChI is InChI=1S/C23H16Cl2N2O3/c1-13-12-16(25)9-10-18(13)27-20(17-4-2-3-11-26-17)19(22(29)23(27)30)21(28)14-5-7-15(24)8-6-14/h2-12,20,28H,1H3/b21-19+. The number of carbonyl (C=O) groups is 2. The summed E-state index contributed by atoms with van der Waals surface area (Å²) in [6, 6.07) is 15.8. The molecule has 3 aromatic rings. The summed E-state index contributed by atoms with van der Waals surface area (Å²) in [5.41, 5.74) is 2.05. The number of amides is 1. The third kappa shape index (κ3) is 3.47. The molecular weight excluding hydrogens is 423 g/mol. The largest absolute Gasteiger partial charge is 0.507 e. The third-order valence-electron chi connectivity index (χ3n) is 4.95. The fraction of sp³-hybridized carbons (Fsp3) is 0.0870. The SMILES string of the molecule is Cc1cc(Cl)ccc1N1C(=O)C(=O)/C(=C(/O)c2ccc(Cl)cc2)C1c1ccccn1. The number of hydrogen-bond donors (Lipinski definition) is 1. The lowest BCUT2D eigenvalue weighted by atomic mass is 9.98. The molecule has 150 valence electrons. The van der Waals surface area contributed by atoms with Gasteiger partial charge in [0.05, 0.1) is 11.3 Å². The van der Waals surface area contributed by atoms with Crippen LogP contribution in [0.4, 0.5) is 5.69 Å². The van der Waals surface area contributed by atoms with Crippen LogP contribution >= 0.6 is 23.2 Å². The first-order valence-corrected chi connectivity index (χ1v) is 9.88. The Morgan fingerprint density at radius 3 is 2.33 bits per heavy atom. The van der Waals surface area contributed by atoms with E-state index in [2.05, 4.69) is 4.98 Å². The topological polar surface area (TPSA) is 70.5 Å². The number of nitrogens with zero attached hydrogens (tertiary/aromatic N) is 2. The summed E-state index contributed by atoms with van der Waals surface area (Å²) in [7, 11) is 0. The van der Waals surface area contributed by atoms with Gasteiger partial charge in [-0.1, -0.05) is 29.3 Å². The molecule has 1 aliphatic heterocycles. The van der Waals surface area contributed by atoms with Crippen LogP contribution in [-0.2, 0) is 9.59 Å². The second kappa shape index (κ2) is 7.94. The molecule has 1 aliphatic rings. The molecule has 2 aromatic carbocycles. The van der Waals surface area contributed by atoms with Crippen molar-refractivity contribution in [1.82, 2.24) is 4.98 Å². The van der Waals surface area contributed by atoms with E-state index in [9.17, 15) is 14.7 Å². The van der Waals surface area contributed by atoms with Gasteiger partial charge in [-0.25, -0.2) is 0 Å². The maximum absolute atomic E-state index is 13.1. The van der Waals surface area contributed by atoms with Crippen molar-refractivity contribution in [3.63, 3.8) is 0 Å². The molecule has 0 spiro atoms. The summed E-state index contributed by atoms with van der Waals surface area (Å²) < 4.78 is 0. The summed E-state index contributed by atoms with van der Waals surface area (Å²) in [6.45, 7) is 1.80. The predicted molar refractivity (Wildman–Crippen MR) is 117 cm³/mol. The minimum atomic E-state index is -0.887. The first-order valence-electron chi connectivity index (χ1n) is 9.12. The van der Waals surface area contributed by atoms with Crippen molar-refractivity contribution >= 4 is 46.3 Å². The van der Waals surface area contributed by atoms with E-state index in [1.54, 1.807) is 73.8 Å². The number of carbonyl (C=O) groups excluding carboxylic acids is 2. The monoisotopic (exact) mass is 438 g/mol. The van der Waals surface area contributed by atoms with Gasteiger partial charge in [-0.3, -0.25) is 19.5 Å². The number of hydrogen-bond acceptors (Lipinski definition) is 4. The van der Waals surface area contributed by atoms with Crippen molar-refractivity contribution in [2.24, 2.45) is 0 Å². The van der Waals surface area contributed by atoms with Crippen LogP contribution in [0.15, 0.2) is 72.4 Å². The molecule has 1 fully saturated rings. The van der Waals surface area contributed by atoms with Crippen molar-refractivity contribution in [3.8, 4) is 0 Å². The molecule has 30 heavy (non-hydrogen) atoms. The first kappa shape index (κ1) is 20.1. The van der Waals surface area contributed by atoms with Crippen LogP contribution in [0.2, 0.25) is 10.0 Å². The maximum atomic E-state index is 13.1. The molecule has 1 amide bonds. The van der Waals surface area contributed by atoms with Crippen molar-refractivity contribution in [2.45, 2.75) is 13.0 Å². The molecule has 5 nitrogen and oxygen atoms in total. The van der Waals surface area contributed by atoms with E-state index in [0.29, 0.717) is 27.0 Å². The number of aliphatic hydroxyl groups excluding tert-OH is 1. The lowest BCUT2D eigenvalue weighted by molar-refractivity contribution is -0.132. The van der Waals surface area contributed by atoms with E-state index < -0.39 is 17.7 Å². The first-order chi connectivity index (χ1) is 14.4. The third-order valence-corrected chi connectivity index (χ3v) is 5.44. The molecule has 4 rings (SSSR count). The van der Waals surface area contributed by atoms with E-state index in [0.717, 1.165) is 5.56 Å². The van der Waals surface area contributed by atoms with Gasteiger partial charge in [0.15, 0.2) is 0 Å². The number of aryl methyl sites for hydroxylation is 1. The highest BCUT2D eigenvalue weighted by molar-refractivity contribution is 6.51. The summed E-state index contributed by atoms with van der Waals surface area (Å²) in [5.74, 6) is -1.81. The zero-order valence-electron chi connectivity index (χ0n) is 15.8. The fourth-order valence-corrected chi connectivity index (χ4v) is 3.90.